The minimum Gasteiger partial charge on any atom is -0.394 e. The zero-order valence-electron chi connectivity index (χ0n) is 10.00. The third kappa shape index (κ3) is 2.24. The van der Waals surface area contributed by atoms with E-state index in [1.54, 1.807) is 6.92 Å². The first kappa shape index (κ1) is 13.0. The molecular weight excluding hydrogens is 240 g/mol. The molecule has 7 heteroatoms. The van der Waals surface area contributed by atoms with Gasteiger partial charge in [0.15, 0.2) is 0 Å². The second-order valence-electron chi connectivity index (χ2n) is 4.44. The van der Waals surface area contributed by atoms with Gasteiger partial charge in [0.05, 0.1) is 25.4 Å². The number of nitrogens with zero attached hydrogens (tertiary/aromatic N) is 1. The summed E-state index contributed by atoms with van der Waals surface area (Å²) < 4.78 is 6.75. The fraction of sp³-hybridized carbons (Fsp3) is 0.636. The molecule has 1 aliphatic rings. The van der Waals surface area contributed by atoms with Gasteiger partial charge in [-0.2, -0.15) is 0 Å². The summed E-state index contributed by atoms with van der Waals surface area (Å²) in [6.07, 6.45) is 0.932. The summed E-state index contributed by atoms with van der Waals surface area (Å²) in [4.78, 5) is 25.2. The van der Waals surface area contributed by atoms with E-state index in [0.717, 1.165) is 0 Å². The van der Waals surface area contributed by atoms with Crippen molar-refractivity contribution < 1.29 is 14.9 Å². The molecule has 7 nitrogen and oxygen atoms in total. The van der Waals surface area contributed by atoms with Crippen molar-refractivity contribution in [3.05, 3.63) is 32.6 Å². The summed E-state index contributed by atoms with van der Waals surface area (Å²) >= 11 is 0. The van der Waals surface area contributed by atoms with E-state index in [0.29, 0.717) is 12.0 Å². The van der Waals surface area contributed by atoms with Gasteiger partial charge in [0.1, 0.15) is 6.10 Å². The highest BCUT2D eigenvalue weighted by Crippen LogP contribution is 2.29. The summed E-state index contributed by atoms with van der Waals surface area (Å²) in [7, 11) is 0. The van der Waals surface area contributed by atoms with E-state index in [2.05, 4.69) is 4.98 Å². The smallest absolute Gasteiger partial charge is 0.328 e. The maximum atomic E-state index is 11.7. The third-order valence-corrected chi connectivity index (χ3v) is 3.19. The first-order valence-corrected chi connectivity index (χ1v) is 5.76. The number of aliphatic hydroxyl groups excluding tert-OH is 2. The van der Waals surface area contributed by atoms with Crippen LogP contribution >= 0.6 is 0 Å². The molecule has 0 radical (unpaired) electrons. The van der Waals surface area contributed by atoms with E-state index in [4.69, 9.17) is 9.84 Å². The van der Waals surface area contributed by atoms with Gasteiger partial charge in [0, 0.05) is 11.8 Å². The lowest BCUT2D eigenvalue weighted by Gasteiger charge is -2.18. The van der Waals surface area contributed by atoms with Crippen LogP contribution in [0.2, 0.25) is 0 Å². The molecule has 1 fully saturated rings. The molecule has 1 aromatic heterocycles. The van der Waals surface area contributed by atoms with Crippen LogP contribution in [-0.4, -0.2) is 45.2 Å². The molecule has 0 aromatic carbocycles. The van der Waals surface area contributed by atoms with Crippen molar-refractivity contribution in [2.45, 2.75) is 31.6 Å². The normalized spacial score (nSPS) is 27.6. The predicted molar refractivity (Wildman–Crippen MR) is 62.5 cm³/mol. The summed E-state index contributed by atoms with van der Waals surface area (Å²) in [6.45, 7) is 1.19. The van der Waals surface area contributed by atoms with Gasteiger partial charge in [-0.05, 0) is 13.3 Å². The lowest BCUT2D eigenvalue weighted by Crippen LogP contribution is -2.36. The number of aromatic amines is 1. The monoisotopic (exact) mass is 256 g/mol. The highest BCUT2D eigenvalue weighted by molar-refractivity contribution is 5.03. The highest BCUT2D eigenvalue weighted by atomic mass is 16.5. The third-order valence-electron chi connectivity index (χ3n) is 3.19. The molecule has 100 valence electrons. The Morgan fingerprint density at radius 2 is 2.17 bits per heavy atom. The van der Waals surface area contributed by atoms with Crippen LogP contribution in [-0.2, 0) is 4.74 Å². The molecule has 1 aliphatic heterocycles. The Morgan fingerprint density at radius 1 is 1.44 bits per heavy atom. The van der Waals surface area contributed by atoms with Crippen LogP contribution in [0.25, 0.3) is 0 Å². The summed E-state index contributed by atoms with van der Waals surface area (Å²) in [5.41, 5.74) is -0.538. The SMILES string of the molecule is Cc1cn([C@H]2C[C@@H](CO)O[C@@H]2CO)c(=O)[nH]c1=O. The second kappa shape index (κ2) is 5.05. The fourth-order valence-corrected chi connectivity index (χ4v) is 2.22. The van der Waals surface area contributed by atoms with Gasteiger partial charge >= 0.3 is 5.69 Å². The Balaban J connectivity index is 2.39. The average molecular weight is 256 g/mol. The molecule has 3 atom stereocenters. The van der Waals surface area contributed by atoms with E-state index in [1.807, 2.05) is 0 Å². The first-order chi connectivity index (χ1) is 8.56. The summed E-state index contributed by atoms with van der Waals surface area (Å²) in [5, 5.41) is 18.3. The number of nitrogens with one attached hydrogen (secondary N) is 1. The van der Waals surface area contributed by atoms with Gasteiger partial charge in [0.2, 0.25) is 0 Å². The van der Waals surface area contributed by atoms with Crippen LogP contribution in [0.5, 0.6) is 0 Å². The zero-order chi connectivity index (χ0) is 13.3. The minimum atomic E-state index is -0.551. The van der Waals surface area contributed by atoms with Crippen molar-refractivity contribution in [1.29, 1.82) is 0 Å². The number of aliphatic hydroxyl groups is 2. The van der Waals surface area contributed by atoms with Gasteiger partial charge in [-0.15, -0.1) is 0 Å². The van der Waals surface area contributed by atoms with Crippen LogP contribution in [0, 0.1) is 6.92 Å². The van der Waals surface area contributed by atoms with Crippen molar-refractivity contribution in [3.8, 4) is 0 Å². The minimum absolute atomic E-state index is 0.163. The number of H-pyrrole nitrogens is 1. The largest absolute Gasteiger partial charge is 0.394 e. The quantitative estimate of drug-likeness (QED) is 0.612. The van der Waals surface area contributed by atoms with E-state index in [9.17, 15) is 14.7 Å². The van der Waals surface area contributed by atoms with E-state index < -0.39 is 23.5 Å². The van der Waals surface area contributed by atoms with Gasteiger partial charge in [-0.3, -0.25) is 14.3 Å². The van der Waals surface area contributed by atoms with Crippen LogP contribution in [0.15, 0.2) is 15.8 Å². The lowest BCUT2D eigenvalue weighted by atomic mass is 10.1. The molecule has 0 saturated carbocycles. The van der Waals surface area contributed by atoms with E-state index in [-0.39, 0.29) is 19.3 Å². The van der Waals surface area contributed by atoms with Crippen molar-refractivity contribution in [2.75, 3.05) is 13.2 Å². The lowest BCUT2D eigenvalue weighted by molar-refractivity contribution is -0.0195. The molecular formula is C11H16N2O5. The van der Waals surface area contributed by atoms with Gasteiger partial charge in [-0.25, -0.2) is 4.79 Å². The van der Waals surface area contributed by atoms with Crippen molar-refractivity contribution in [3.63, 3.8) is 0 Å². The molecule has 2 heterocycles. The number of hydrogen-bond acceptors (Lipinski definition) is 5. The number of rotatable bonds is 3. The van der Waals surface area contributed by atoms with Gasteiger partial charge < -0.3 is 14.9 Å². The van der Waals surface area contributed by atoms with Crippen LogP contribution in [0.3, 0.4) is 0 Å². The van der Waals surface area contributed by atoms with Crippen molar-refractivity contribution in [1.82, 2.24) is 9.55 Å². The average Bonchev–Trinajstić information content (AvgIpc) is 2.77. The van der Waals surface area contributed by atoms with Crippen molar-refractivity contribution >= 4 is 0 Å². The second-order valence-corrected chi connectivity index (χ2v) is 4.44. The van der Waals surface area contributed by atoms with Crippen LogP contribution < -0.4 is 11.2 Å². The predicted octanol–water partition coefficient (Wildman–Crippen LogP) is -1.47. The summed E-state index contributed by atoms with van der Waals surface area (Å²) in [5.74, 6) is 0. The highest BCUT2D eigenvalue weighted by Gasteiger charge is 2.36. The number of hydrogen-bond donors (Lipinski definition) is 3. The molecule has 3 N–H and O–H groups in total. The van der Waals surface area contributed by atoms with Gasteiger partial charge in [-0.1, -0.05) is 0 Å². The fourth-order valence-electron chi connectivity index (χ4n) is 2.22. The molecule has 1 saturated heterocycles. The Kier molecular flexibility index (Phi) is 3.65. The molecule has 0 aliphatic carbocycles. The summed E-state index contributed by atoms with van der Waals surface area (Å²) in [6, 6.07) is -0.379. The van der Waals surface area contributed by atoms with E-state index >= 15 is 0 Å². The van der Waals surface area contributed by atoms with Gasteiger partial charge in [0.25, 0.3) is 5.56 Å². The number of aromatic nitrogens is 2. The first-order valence-electron chi connectivity index (χ1n) is 5.76. The Bertz CT molecular complexity index is 535. The van der Waals surface area contributed by atoms with Crippen molar-refractivity contribution in [2.24, 2.45) is 0 Å². The van der Waals surface area contributed by atoms with Crippen LogP contribution in [0.1, 0.15) is 18.0 Å². The molecule has 18 heavy (non-hydrogen) atoms. The Labute approximate surface area is 103 Å². The number of aryl methyl sites for hydroxylation is 1. The standard InChI is InChI=1S/C11H16N2O5/c1-6-3-13(11(17)12-10(6)16)8-2-7(4-14)18-9(8)5-15/h3,7-9,14-15H,2,4-5H2,1H3,(H,12,16,17)/t7-,8-,9+/m0/s1. The zero-order valence-corrected chi connectivity index (χ0v) is 10.00. The topological polar surface area (TPSA) is 105 Å². The molecule has 1 aromatic rings. The molecule has 0 spiro atoms. The molecule has 0 unspecified atom stereocenters. The van der Waals surface area contributed by atoms with E-state index in [1.165, 1.54) is 10.8 Å². The molecule has 0 bridgehead atoms. The van der Waals surface area contributed by atoms with Crippen LogP contribution in [0.4, 0.5) is 0 Å². The maximum Gasteiger partial charge on any atom is 0.328 e. The number of ether oxygens (including phenoxy) is 1. The Morgan fingerprint density at radius 3 is 2.78 bits per heavy atom. The molecule has 0 amide bonds. The maximum absolute atomic E-state index is 11.7. The Hall–Kier alpha value is -1.44. The molecule has 2 rings (SSSR count).